The molecule has 1 aromatic carbocycles. The van der Waals surface area contributed by atoms with Crippen LogP contribution in [-0.2, 0) is 16.0 Å². The van der Waals surface area contributed by atoms with E-state index in [4.69, 9.17) is 11.5 Å². The predicted molar refractivity (Wildman–Crippen MR) is 92.3 cm³/mol. The highest BCUT2D eigenvalue weighted by molar-refractivity contribution is 5.97. The third-order valence-corrected chi connectivity index (χ3v) is 5.10. The second kappa shape index (κ2) is 7.32. The Labute approximate surface area is 142 Å². The van der Waals surface area contributed by atoms with Gasteiger partial charge in [-0.2, -0.15) is 0 Å². The van der Waals surface area contributed by atoms with Crippen LogP contribution >= 0.6 is 12.4 Å². The third-order valence-electron chi connectivity index (χ3n) is 5.10. The molecule has 1 heterocycles. The third kappa shape index (κ3) is 3.35. The summed E-state index contributed by atoms with van der Waals surface area (Å²) in [5.74, 6) is -0.310. The Bertz CT molecular complexity index is 593. The zero-order valence-electron chi connectivity index (χ0n) is 13.1. The van der Waals surface area contributed by atoms with Gasteiger partial charge in [0.25, 0.3) is 0 Å². The molecule has 0 saturated heterocycles. The van der Waals surface area contributed by atoms with Crippen LogP contribution < -0.4 is 16.4 Å². The number of para-hydroxylation sites is 1. The molecule has 1 aliphatic heterocycles. The number of rotatable bonds is 3. The van der Waals surface area contributed by atoms with Crippen LogP contribution in [0.15, 0.2) is 24.3 Å². The average Bonchev–Trinajstić information content (AvgIpc) is 3.01. The summed E-state index contributed by atoms with van der Waals surface area (Å²) < 4.78 is 0. The maximum absolute atomic E-state index is 13.0. The van der Waals surface area contributed by atoms with Crippen molar-refractivity contribution in [3.63, 3.8) is 0 Å². The number of nitrogens with zero attached hydrogens (tertiary/aromatic N) is 1. The summed E-state index contributed by atoms with van der Waals surface area (Å²) in [5.41, 5.74) is 13.3. The molecule has 4 N–H and O–H groups in total. The van der Waals surface area contributed by atoms with Gasteiger partial charge in [-0.05, 0) is 43.4 Å². The lowest BCUT2D eigenvalue weighted by atomic mass is 9.89. The number of primary amides is 1. The fraction of sp³-hybridized carbons (Fsp3) is 0.529. The van der Waals surface area contributed by atoms with E-state index in [0.717, 1.165) is 30.5 Å². The molecule has 5 nitrogen and oxygen atoms in total. The van der Waals surface area contributed by atoms with Crippen molar-refractivity contribution in [2.75, 3.05) is 18.0 Å². The van der Waals surface area contributed by atoms with Crippen LogP contribution in [0.2, 0.25) is 0 Å². The summed E-state index contributed by atoms with van der Waals surface area (Å²) in [6.45, 7) is 0.935. The highest BCUT2D eigenvalue weighted by Crippen LogP contribution is 2.36. The van der Waals surface area contributed by atoms with Gasteiger partial charge in [0.1, 0.15) is 0 Å². The van der Waals surface area contributed by atoms with Gasteiger partial charge in [0.2, 0.25) is 11.8 Å². The molecule has 1 aromatic rings. The van der Waals surface area contributed by atoms with Gasteiger partial charge in [-0.3, -0.25) is 9.59 Å². The molecular weight excluding hydrogens is 314 g/mol. The topological polar surface area (TPSA) is 89.4 Å². The molecule has 0 aromatic heterocycles. The van der Waals surface area contributed by atoms with Gasteiger partial charge in [-0.1, -0.05) is 24.6 Å². The van der Waals surface area contributed by atoms with Crippen molar-refractivity contribution in [1.29, 1.82) is 0 Å². The van der Waals surface area contributed by atoms with Crippen molar-refractivity contribution < 1.29 is 9.59 Å². The largest absolute Gasteiger partial charge is 0.369 e. The Kier molecular flexibility index (Phi) is 5.65. The summed E-state index contributed by atoms with van der Waals surface area (Å²) in [6.07, 6.45) is 3.57. The van der Waals surface area contributed by atoms with Crippen LogP contribution in [0.4, 0.5) is 5.69 Å². The minimum absolute atomic E-state index is 0. The van der Waals surface area contributed by atoms with E-state index in [-0.39, 0.29) is 42.0 Å². The fourth-order valence-electron chi connectivity index (χ4n) is 3.84. The lowest BCUT2D eigenvalue weighted by Gasteiger charge is -2.35. The van der Waals surface area contributed by atoms with Crippen molar-refractivity contribution in [2.45, 2.75) is 25.7 Å². The Morgan fingerprint density at radius 2 is 1.96 bits per heavy atom. The summed E-state index contributed by atoms with van der Waals surface area (Å²) in [6, 6.07) is 7.79. The van der Waals surface area contributed by atoms with Crippen molar-refractivity contribution in [2.24, 2.45) is 29.2 Å². The standard InChI is InChI=1S/C17H23N3O2.ClH/c18-9-12-5-3-6-14(12)17(22)20-10-13(16(19)21)8-11-4-1-2-7-15(11)20;/h1-2,4,7,12-14H,3,5-6,8-10,18H2,(H2,19,21);1H/t12-,13?,14-;/m1./s1. The zero-order chi connectivity index (χ0) is 15.7. The van der Waals surface area contributed by atoms with Crippen molar-refractivity contribution in [3.05, 3.63) is 29.8 Å². The first-order chi connectivity index (χ1) is 10.6. The molecule has 6 heteroatoms. The number of benzene rings is 1. The minimum atomic E-state index is -0.339. The number of halogens is 1. The molecule has 23 heavy (non-hydrogen) atoms. The van der Waals surface area contributed by atoms with E-state index in [1.165, 1.54) is 0 Å². The first kappa shape index (κ1) is 17.8. The van der Waals surface area contributed by atoms with Gasteiger partial charge in [0.05, 0.1) is 5.92 Å². The van der Waals surface area contributed by atoms with Crippen LogP contribution in [0.3, 0.4) is 0 Å². The van der Waals surface area contributed by atoms with Crippen LogP contribution in [0, 0.1) is 17.8 Å². The van der Waals surface area contributed by atoms with E-state index >= 15 is 0 Å². The molecule has 126 valence electrons. The van der Waals surface area contributed by atoms with Crippen molar-refractivity contribution in [1.82, 2.24) is 0 Å². The van der Waals surface area contributed by atoms with E-state index in [0.29, 0.717) is 19.5 Å². The van der Waals surface area contributed by atoms with E-state index in [2.05, 4.69) is 0 Å². The van der Waals surface area contributed by atoms with Crippen LogP contribution in [0.5, 0.6) is 0 Å². The zero-order valence-corrected chi connectivity index (χ0v) is 13.9. The van der Waals surface area contributed by atoms with Gasteiger partial charge in [-0.15, -0.1) is 12.4 Å². The van der Waals surface area contributed by atoms with Gasteiger partial charge in [0, 0.05) is 18.2 Å². The molecule has 3 atom stereocenters. The maximum Gasteiger partial charge on any atom is 0.230 e. The van der Waals surface area contributed by atoms with Crippen molar-refractivity contribution in [3.8, 4) is 0 Å². The van der Waals surface area contributed by atoms with Gasteiger partial charge < -0.3 is 16.4 Å². The Morgan fingerprint density at radius 3 is 2.65 bits per heavy atom. The number of amides is 2. The van der Waals surface area contributed by atoms with Crippen molar-refractivity contribution >= 4 is 29.9 Å². The fourth-order valence-corrected chi connectivity index (χ4v) is 3.84. The summed E-state index contributed by atoms with van der Waals surface area (Å²) in [5, 5.41) is 0. The normalized spacial score (nSPS) is 26.3. The number of anilines is 1. The molecule has 1 fully saturated rings. The quantitative estimate of drug-likeness (QED) is 0.875. The Morgan fingerprint density at radius 1 is 1.22 bits per heavy atom. The lowest BCUT2D eigenvalue weighted by Crippen LogP contribution is -2.47. The summed E-state index contributed by atoms with van der Waals surface area (Å²) in [7, 11) is 0. The van der Waals surface area contributed by atoms with E-state index in [1.54, 1.807) is 4.90 Å². The first-order valence-corrected chi connectivity index (χ1v) is 8.00. The minimum Gasteiger partial charge on any atom is -0.369 e. The second-order valence-electron chi connectivity index (χ2n) is 6.41. The van der Waals surface area contributed by atoms with E-state index < -0.39 is 0 Å². The average molecular weight is 338 g/mol. The molecule has 0 bridgehead atoms. The monoisotopic (exact) mass is 337 g/mol. The molecule has 1 aliphatic carbocycles. The van der Waals surface area contributed by atoms with Crippen LogP contribution in [0.25, 0.3) is 0 Å². The van der Waals surface area contributed by atoms with Crippen LogP contribution in [0.1, 0.15) is 24.8 Å². The molecule has 1 saturated carbocycles. The Balaban J connectivity index is 0.00000192. The molecule has 3 rings (SSSR count). The second-order valence-corrected chi connectivity index (χ2v) is 6.41. The number of hydrogen-bond acceptors (Lipinski definition) is 3. The highest BCUT2D eigenvalue weighted by atomic mass is 35.5. The Hall–Kier alpha value is -1.59. The molecule has 0 spiro atoms. The van der Waals surface area contributed by atoms with Gasteiger partial charge in [-0.25, -0.2) is 0 Å². The van der Waals surface area contributed by atoms with E-state index in [9.17, 15) is 9.59 Å². The number of hydrogen-bond donors (Lipinski definition) is 2. The van der Waals surface area contributed by atoms with Gasteiger partial charge in [0.15, 0.2) is 0 Å². The summed E-state index contributed by atoms with van der Waals surface area (Å²) >= 11 is 0. The van der Waals surface area contributed by atoms with Crippen LogP contribution in [-0.4, -0.2) is 24.9 Å². The number of nitrogens with two attached hydrogens (primary N) is 2. The number of carbonyl (C=O) groups excluding carboxylic acids is 2. The molecule has 1 unspecified atom stereocenters. The molecule has 2 aliphatic rings. The number of carbonyl (C=O) groups is 2. The number of fused-ring (bicyclic) bond motifs is 1. The molecular formula is C17H24ClN3O2. The maximum atomic E-state index is 13.0. The SMILES string of the molecule is Cl.NC[C@H]1CCC[C@H]1C(=O)N1CC(C(N)=O)Cc2ccccc21. The van der Waals surface area contributed by atoms with Gasteiger partial charge >= 0.3 is 0 Å². The predicted octanol–water partition coefficient (Wildman–Crippen LogP) is 1.47. The smallest absolute Gasteiger partial charge is 0.230 e. The summed E-state index contributed by atoms with van der Waals surface area (Å²) in [4.78, 5) is 26.4. The van der Waals surface area contributed by atoms with E-state index in [1.807, 2.05) is 24.3 Å². The highest BCUT2D eigenvalue weighted by Gasteiger charge is 2.38. The molecule has 2 amide bonds. The molecule has 0 radical (unpaired) electrons. The lowest BCUT2D eigenvalue weighted by molar-refractivity contribution is -0.124. The first-order valence-electron chi connectivity index (χ1n) is 8.00.